The van der Waals surface area contributed by atoms with E-state index in [0.717, 1.165) is 0 Å². The lowest BCUT2D eigenvalue weighted by Crippen LogP contribution is -2.52. The first-order valence-electron chi connectivity index (χ1n) is 6.54. The van der Waals surface area contributed by atoms with E-state index < -0.39 is 22.7 Å². The minimum absolute atomic E-state index is 0.345. The summed E-state index contributed by atoms with van der Waals surface area (Å²) in [5, 5.41) is 10.7. The Morgan fingerprint density at radius 2 is 1.94 bits per heavy atom. The molecule has 2 atom stereocenters. The molecular formula is C14H26O4. The Morgan fingerprint density at radius 1 is 1.39 bits per heavy atom. The van der Waals surface area contributed by atoms with Crippen LogP contribution < -0.4 is 0 Å². The van der Waals surface area contributed by atoms with E-state index in [1.165, 1.54) is 0 Å². The normalized spacial score (nSPS) is 29.7. The first kappa shape index (κ1) is 15.4. The van der Waals surface area contributed by atoms with Crippen LogP contribution in [0.25, 0.3) is 0 Å². The number of hydrogen-bond donors (Lipinski definition) is 1. The third kappa shape index (κ3) is 3.95. The van der Waals surface area contributed by atoms with Crippen molar-refractivity contribution in [1.29, 1.82) is 0 Å². The SMILES string of the molecule is CC(C(=O)OC(C)(C)C)C1(O)CCOC(C)(C)C1. The van der Waals surface area contributed by atoms with E-state index in [2.05, 4.69) is 0 Å². The fourth-order valence-electron chi connectivity index (χ4n) is 2.36. The summed E-state index contributed by atoms with van der Waals surface area (Å²) < 4.78 is 10.9. The molecule has 1 fully saturated rings. The fourth-order valence-corrected chi connectivity index (χ4v) is 2.36. The highest BCUT2D eigenvalue weighted by molar-refractivity contribution is 5.74. The van der Waals surface area contributed by atoms with Gasteiger partial charge < -0.3 is 14.6 Å². The van der Waals surface area contributed by atoms with Gasteiger partial charge in [-0.15, -0.1) is 0 Å². The molecule has 1 rings (SSSR count). The Hall–Kier alpha value is -0.610. The van der Waals surface area contributed by atoms with Crippen LogP contribution in [0.15, 0.2) is 0 Å². The van der Waals surface area contributed by atoms with Crippen molar-refractivity contribution in [1.82, 2.24) is 0 Å². The van der Waals surface area contributed by atoms with Crippen molar-refractivity contribution in [3.63, 3.8) is 0 Å². The number of carbonyl (C=O) groups is 1. The van der Waals surface area contributed by atoms with Crippen LogP contribution in [0.2, 0.25) is 0 Å². The molecule has 1 N–H and O–H groups in total. The zero-order chi connectivity index (χ0) is 14.2. The molecule has 0 aromatic rings. The molecule has 1 aliphatic heterocycles. The van der Waals surface area contributed by atoms with E-state index in [0.29, 0.717) is 19.4 Å². The van der Waals surface area contributed by atoms with Crippen LogP contribution >= 0.6 is 0 Å². The van der Waals surface area contributed by atoms with Crippen LogP contribution in [0.4, 0.5) is 0 Å². The van der Waals surface area contributed by atoms with Crippen molar-refractivity contribution in [3.8, 4) is 0 Å². The predicted molar refractivity (Wildman–Crippen MR) is 69.2 cm³/mol. The molecule has 4 nitrogen and oxygen atoms in total. The molecule has 2 unspecified atom stereocenters. The molecule has 0 bridgehead atoms. The molecule has 1 aliphatic rings. The third-order valence-corrected chi connectivity index (χ3v) is 3.33. The van der Waals surface area contributed by atoms with Crippen LogP contribution in [0, 0.1) is 5.92 Å². The van der Waals surface area contributed by atoms with Gasteiger partial charge in [0, 0.05) is 12.8 Å². The molecule has 0 aromatic carbocycles. The molecule has 1 heterocycles. The average molecular weight is 258 g/mol. The molecular weight excluding hydrogens is 232 g/mol. The zero-order valence-corrected chi connectivity index (χ0v) is 12.4. The van der Waals surface area contributed by atoms with E-state index >= 15 is 0 Å². The first-order chi connectivity index (χ1) is 7.95. The highest BCUT2D eigenvalue weighted by Crippen LogP contribution is 2.37. The average Bonchev–Trinajstić information content (AvgIpc) is 2.11. The van der Waals surface area contributed by atoms with E-state index in [-0.39, 0.29) is 5.97 Å². The molecule has 0 spiro atoms. The summed E-state index contributed by atoms with van der Waals surface area (Å²) in [5.41, 5.74) is -1.96. The van der Waals surface area contributed by atoms with Crippen LogP contribution in [0.3, 0.4) is 0 Å². The smallest absolute Gasteiger partial charge is 0.312 e. The summed E-state index contributed by atoms with van der Waals surface area (Å²) in [6, 6.07) is 0. The fraction of sp³-hybridized carbons (Fsp3) is 0.929. The molecule has 18 heavy (non-hydrogen) atoms. The first-order valence-corrected chi connectivity index (χ1v) is 6.54. The summed E-state index contributed by atoms with van der Waals surface area (Å²) in [5.74, 6) is -0.886. The second-order valence-electron chi connectivity index (χ2n) is 6.89. The van der Waals surface area contributed by atoms with E-state index in [1.807, 2.05) is 34.6 Å². The molecule has 1 saturated heterocycles. The minimum Gasteiger partial charge on any atom is -0.460 e. The van der Waals surface area contributed by atoms with Gasteiger partial charge in [0.2, 0.25) is 0 Å². The van der Waals surface area contributed by atoms with Gasteiger partial charge in [0.15, 0.2) is 0 Å². The van der Waals surface area contributed by atoms with Gasteiger partial charge in [-0.05, 0) is 41.5 Å². The Bertz CT molecular complexity index is 316. The van der Waals surface area contributed by atoms with Crippen LogP contribution in [-0.4, -0.2) is 34.5 Å². The molecule has 0 amide bonds. The predicted octanol–water partition coefficient (Wildman–Crippen LogP) is 2.28. The van der Waals surface area contributed by atoms with Gasteiger partial charge in [0.1, 0.15) is 5.60 Å². The maximum Gasteiger partial charge on any atom is 0.312 e. The zero-order valence-electron chi connectivity index (χ0n) is 12.4. The van der Waals surface area contributed by atoms with Crippen LogP contribution in [-0.2, 0) is 14.3 Å². The van der Waals surface area contributed by atoms with Crippen molar-refractivity contribution in [2.75, 3.05) is 6.61 Å². The Balaban J connectivity index is 2.76. The van der Waals surface area contributed by atoms with E-state index in [4.69, 9.17) is 9.47 Å². The standard InChI is InChI=1S/C14H26O4/c1-10(11(15)18-12(2,3)4)14(16)7-8-17-13(5,6)9-14/h10,16H,7-9H2,1-6H3. The Morgan fingerprint density at radius 3 is 2.39 bits per heavy atom. The lowest BCUT2D eigenvalue weighted by Gasteiger charge is -2.44. The summed E-state index contributed by atoms with van der Waals surface area (Å²) in [6.45, 7) is 11.5. The van der Waals surface area contributed by atoms with Gasteiger partial charge in [-0.3, -0.25) is 4.79 Å². The van der Waals surface area contributed by atoms with Crippen molar-refractivity contribution in [2.45, 2.75) is 71.2 Å². The van der Waals surface area contributed by atoms with Crippen LogP contribution in [0.5, 0.6) is 0 Å². The second-order valence-corrected chi connectivity index (χ2v) is 6.89. The van der Waals surface area contributed by atoms with Gasteiger partial charge in [0.05, 0.1) is 23.7 Å². The monoisotopic (exact) mass is 258 g/mol. The van der Waals surface area contributed by atoms with E-state index in [9.17, 15) is 9.90 Å². The number of hydrogen-bond acceptors (Lipinski definition) is 4. The number of aliphatic hydroxyl groups is 1. The number of ether oxygens (including phenoxy) is 2. The summed E-state index contributed by atoms with van der Waals surface area (Å²) >= 11 is 0. The number of carbonyl (C=O) groups excluding carboxylic acids is 1. The van der Waals surface area contributed by atoms with Crippen molar-refractivity contribution < 1.29 is 19.4 Å². The van der Waals surface area contributed by atoms with Crippen molar-refractivity contribution in [2.24, 2.45) is 5.92 Å². The highest BCUT2D eigenvalue weighted by atomic mass is 16.6. The summed E-state index contributed by atoms with van der Waals surface area (Å²) in [6.07, 6.45) is 0.914. The van der Waals surface area contributed by atoms with E-state index in [1.54, 1.807) is 6.92 Å². The second kappa shape index (κ2) is 4.82. The molecule has 0 aliphatic carbocycles. The lowest BCUT2D eigenvalue weighted by atomic mass is 9.76. The van der Waals surface area contributed by atoms with Gasteiger partial charge in [-0.25, -0.2) is 0 Å². The Kier molecular flexibility index (Phi) is 4.13. The number of rotatable bonds is 2. The summed E-state index contributed by atoms with van der Waals surface area (Å²) in [7, 11) is 0. The molecule has 106 valence electrons. The van der Waals surface area contributed by atoms with Crippen LogP contribution in [0.1, 0.15) is 54.4 Å². The maximum atomic E-state index is 12.1. The maximum absolute atomic E-state index is 12.1. The molecule has 0 radical (unpaired) electrons. The molecule has 0 saturated carbocycles. The third-order valence-electron chi connectivity index (χ3n) is 3.33. The minimum atomic E-state index is -1.04. The van der Waals surface area contributed by atoms with Gasteiger partial charge in [-0.2, -0.15) is 0 Å². The molecule has 0 aromatic heterocycles. The van der Waals surface area contributed by atoms with Gasteiger partial charge in [0.25, 0.3) is 0 Å². The van der Waals surface area contributed by atoms with Gasteiger partial charge >= 0.3 is 5.97 Å². The highest BCUT2D eigenvalue weighted by Gasteiger charge is 2.46. The largest absolute Gasteiger partial charge is 0.460 e. The van der Waals surface area contributed by atoms with Crippen molar-refractivity contribution in [3.05, 3.63) is 0 Å². The lowest BCUT2D eigenvalue weighted by molar-refractivity contribution is -0.189. The quantitative estimate of drug-likeness (QED) is 0.772. The summed E-state index contributed by atoms with van der Waals surface area (Å²) in [4.78, 5) is 12.1. The van der Waals surface area contributed by atoms with Crippen molar-refractivity contribution >= 4 is 5.97 Å². The topological polar surface area (TPSA) is 55.8 Å². The molecule has 4 heteroatoms. The number of esters is 1. The van der Waals surface area contributed by atoms with Gasteiger partial charge in [-0.1, -0.05) is 0 Å². The Labute approximate surface area is 110 Å².